The van der Waals surface area contributed by atoms with Crippen LogP contribution in [0.15, 0.2) is 24.3 Å². The number of rotatable bonds is 1. The van der Waals surface area contributed by atoms with E-state index < -0.39 is 0 Å². The molecule has 0 heterocycles. The zero-order valence-corrected chi connectivity index (χ0v) is 14.5. The Morgan fingerprint density at radius 2 is 1.86 bits per heavy atom. The third-order valence-electron chi connectivity index (χ3n) is 8.55. The van der Waals surface area contributed by atoms with Gasteiger partial charge in [0.15, 0.2) is 0 Å². The molecule has 0 aromatic heterocycles. The average Bonchev–Trinajstić information content (AvgIpc) is 2.86. The van der Waals surface area contributed by atoms with Crippen LogP contribution in [0.5, 0.6) is 0 Å². The summed E-state index contributed by atoms with van der Waals surface area (Å²) in [5, 5.41) is 11.1. The molecule has 122 valence electrons. The molecule has 4 rings (SSSR count). The first kappa shape index (κ1) is 15.0. The molecule has 0 spiro atoms. The van der Waals surface area contributed by atoms with Crippen molar-refractivity contribution in [2.24, 2.45) is 40.4 Å². The topological polar surface area (TPSA) is 20.2 Å². The molecule has 22 heavy (non-hydrogen) atoms. The molecule has 0 aliphatic heterocycles. The lowest BCUT2D eigenvalue weighted by Crippen LogP contribution is -2.56. The zero-order chi connectivity index (χ0) is 15.5. The van der Waals surface area contributed by atoms with E-state index in [2.05, 4.69) is 45.1 Å². The maximum atomic E-state index is 11.1. The summed E-state index contributed by atoms with van der Waals surface area (Å²) in [6, 6.07) is 0. The van der Waals surface area contributed by atoms with Crippen LogP contribution in [0.2, 0.25) is 0 Å². The molecule has 0 bridgehead atoms. The summed E-state index contributed by atoms with van der Waals surface area (Å²) in [7, 11) is 0. The van der Waals surface area contributed by atoms with Crippen molar-refractivity contribution < 1.29 is 5.11 Å². The molecule has 0 saturated heterocycles. The van der Waals surface area contributed by atoms with Crippen LogP contribution in [-0.4, -0.2) is 11.2 Å². The Balaban J connectivity index is 1.71. The lowest BCUT2D eigenvalue weighted by molar-refractivity contribution is -0.140. The SMILES string of the molecule is CC[C@H]1CC[C@H]2[C@@H]3CCC4C=CC=C[C@]4(C)[C@H]3C[C@@H](O)[C@]12C. The highest BCUT2D eigenvalue weighted by atomic mass is 16.3. The summed E-state index contributed by atoms with van der Waals surface area (Å²) in [6.45, 7) is 7.21. The molecule has 8 atom stereocenters. The number of allylic oxidation sites excluding steroid dienone is 4. The van der Waals surface area contributed by atoms with E-state index >= 15 is 0 Å². The maximum absolute atomic E-state index is 11.1. The fourth-order valence-electron chi connectivity index (χ4n) is 7.18. The van der Waals surface area contributed by atoms with Gasteiger partial charge < -0.3 is 5.11 Å². The molecule has 3 saturated carbocycles. The van der Waals surface area contributed by atoms with Crippen molar-refractivity contribution in [2.45, 2.75) is 65.4 Å². The standard InChI is InChI=1S/C21H32O/c1-4-14-9-11-17-16-10-8-15-7-5-6-12-20(15,2)18(16)13-19(22)21(14,17)3/h5-7,12,14-19,22H,4,8-11,13H2,1-3H3/t14-,15?,16-,17-,18-,19+,20-,21+/m0/s1. The third kappa shape index (κ3) is 1.75. The second-order valence-corrected chi connectivity index (χ2v) is 8.97. The van der Waals surface area contributed by atoms with E-state index in [0.717, 1.165) is 24.2 Å². The minimum Gasteiger partial charge on any atom is -0.393 e. The van der Waals surface area contributed by atoms with E-state index in [9.17, 15) is 5.11 Å². The Morgan fingerprint density at radius 1 is 1.05 bits per heavy atom. The lowest BCUT2D eigenvalue weighted by atomic mass is 9.46. The molecule has 1 heteroatoms. The van der Waals surface area contributed by atoms with Gasteiger partial charge in [0.2, 0.25) is 0 Å². The molecule has 4 aliphatic rings. The van der Waals surface area contributed by atoms with Gasteiger partial charge in [-0.05, 0) is 72.5 Å². The smallest absolute Gasteiger partial charge is 0.0602 e. The first-order valence-corrected chi connectivity index (χ1v) is 9.56. The Labute approximate surface area is 135 Å². The number of fused-ring (bicyclic) bond motifs is 5. The highest BCUT2D eigenvalue weighted by Crippen LogP contribution is 2.66. The first-order chi connectivity index (χ1) is 10.5. The number of aliphatic hydroxyl groups excluding tert-OH is 1. The fourth-order valence-corrected chi connectivity index (χ4v) is 7.18. The third-order valence-corrected chi connectivity index (χ3v) is 8.55. The van der Waals surface area contributed by atoms with Gasteiger partial charge >= 0.3 is 0 Å². The predicted molar refractivity (Wildman–Crippen MR) is 91.3 cm³/mol. The lowest BCUT2D eigenvalue weighted by Gasteiger charge is -2.60. The van der Waals surface area contributed by atoms with Crippen molar-refractivity contribution >= 4 is 0 Å². The second kappa shape index (κ2) is 4.97. The van der Waals surface area contributed by atoms with E-state index in [1.54, 1.807) is 0 Å². The van der Waals surface area contributed by atoms with Gasteiger partial charge in [-0.2, -0.15) is 0 Å². The number of hydrogen-bond donors (Lipinski definition) is 1. The van der Waals surface area contributed by atoms with Crippen molar-refractivity contribution in [3.8, 4) is 0 Å². The molecule has 1 unspecified atom stereocenters. The Kier molecular flexibility index (Phi) is 3.39. The second-order valence-electron chi connectivity index (χ2n) is 8.97. The molecule has 0 radical (unpaired) electrons. The van der Waals surface area contributed by atoms with Gasteiger partial charge in [-0.25, -0.2) is 0 Å². The molecular weight excluding hydrogens is 268 g/mol. The van der Waals surface area contributed by atoms with Crippen molar-refractivity contribution in [2.75, 3.05) is 0 Å². The maximum Gasteiger partial charge on any atom is 0.0602 e. The molecule has 1 N–H and O–H groups in total. The molecule has 0 amide bonds. The van der Waals surface area contributed by atoms with Crippen LogP contribution in [0.25, 0.3) is 0 Å². The monoisotopic (exact) mass is 300 g/mol. The number of hydrogen-bond acceptors (Lipinski definition) is 1. The van der Waals surface area contributed by atoms with Crippen LogP contribution in [0.1, 0.15) is 59.3 Å². The van der Waals surface area contributed by atoms with E-state index in [0.29, 0.717) is 11.8 Å². The van der Waals surface area contributed by atoms with Crippen LogP contribution in [0, 0.1) is 40.4 Å². The molecular formula is C21H32O. The molecule has 1 nitrogen and oxygen atoms in total. The summed E-state index contributed by atoms with van der Waals surface area (Å²) < 4.78 is 0. The van der Waals surface area contributed by atoms with Crippen LogP contribution in [0.4, 0.5) is 0 Å². The molecule has 0 aromatic carbocycles. The van der Waals surface area contributed by atoms with Gasteiger partial charge in [0, 0.05) is 0 Å². The summed E-state index contributed by atoms with van der Waals surface area (Å²) in [6.07, 6.45) is 17.0. The first-order valence-electron chi connectivity index (χ1n) is 9.56. The Hall–Kier alpha value is -0.560. The van der Waals surface area contributed by atoms with E-state index in [1.165, 1.54) is 32.1 Å². The van der Waals surface area contributed by atoms with Crippen LogP contribution < -0.4 is 0 Å². The van der Waals surface area contributed by atoms with E-state index in [-0.39, 0.29) is 16.9 Å². The van der Waals surface area contributed by atoms with Crippen LogP contribution in [-0.2, 0) is 0 Å². The molecule has 0 aromatic rings. The van der Waals surface area contributed by atoms with Crippen molar-refractivity contribution in [1.82, 2.24) is 0 Å². The highest BCUT2D eigenvalue weighted by Gasteiger charge is 2.61. The van der Waals surface area contributed by atoms with Gasteiger partial charge in [-0.3, -0.25) is 0 Å². The quantitative estimate of drug-likeness (QED) is 0.725. The number of aliphatic hydroxyl groups is 1. The Morgan fingerprint density at radius 3 is 2.64 bits per heavy atom. The van der Waals surface area contributed by atoms with Crippen molar-refractivity contribution in [3.05, 3.63) is 24.3 Å². The minimum atomic E-state index is -0.0962. The zero-order valence-electron chi connectivity index (χ0n) is 14.5. The van der Waals surface area contributed by atoms with Crippen LogP contribution >= 0.6 is 0 Å². The summed E-state index contributed by atoms with van der Waals surface area (Å²) in [5.41, 5.74) is 0.470. The van der Waals surface area contributed by atoms with Crippen LogP contribution in [0.3, 0.4) is 0 Å². The van der Waals surface area contributed by atoms with E-state index in [1.807, 2.05) is 0 Å². The van der Waals surface area contributed by atoms with Gasteiger partial charge in [0.05, 0.1) is 6.10 Å². The summed E-state index contributed by atoms with van der Waals surface area (Å²) >= 11 is 0. The summed E-state index contributed by atoms with van der Waals surface area (Å²) in [4.78, 5) is 0. The highest BCUT2D eigenvalue weighted by molar-refractivity contribution is 5.24. The van der Waals surface area contributed by atoms with Gasteiger partial charge in [-0.1, -0.05) is 51.5 Å². The molecule has 4 aliphatic carbocycles. The predicted octanol–water partition coefficient (Wildman–Crippen LogP) is 4.97. The fraction of sp³-hybridized carbons (Fsp3) is 0.810. The largest absolute Gasteiger partial charge is 0.393 e. The Bertz CT molecular complexity index is 506. The summed E-state index contributed by atoms with van der Waals surface area (Å²) in [5.74, 6) is 3.70. The molecule has 3 fully saturated rings. The van der Waals surface area contributed by atoms with Gasteiger partial charge in [0.1, 0.15) is 0 Å². The van der Waals surface area contributed by atoms with E-state index in [4.69, 9.17) is 0 Å². The van der Waals surface area contributed by atoms with Crippen molar-refractivity contribution in [3.63, 3.8) is 0 Å². The van der Waals surface area contributed by atoms with Gasteiger partial charge in [-0.15, -0.1) is 0 Å². The van der Waals surface area contributed by atoms with Gasteiger partial charge in [0.25, 0.3) is 0 Å². The normalized spacial score (nSPS) is 56.4. The van der Waals surface area contributed by atoms with Crippen molar-refractivity contribution in [1.29, 1.82) is 0 Å². The average molecular weight is 300 g/mol. The minimum absolute atomic E-state index is 0.0962.